The summed E-state index contributed by atoms with van der Waals surface area (Å²) in [5, 5.41) is 21.0. The molecule has 0 spiro atoms. The predicted octanol–water partition coefficient (Wildman–Crippen LogP) is 1.93. The quantitative estimate of drug-likeness (QED) is 0.868. The summed E-state index contributed by atoms with van der Waals surface area (Å²) in [5.41, 5.74) is 3.81. The minimum Gasteiger partial charge on any atom is -0.390 e. The molecule has 1 heterocycles. The van der Waals surface area contributed by atoms with Gasteiger partial charge < -0.3 is 10.4 Å². The van der Waals surface area contributed by atoms with Gasteiger partial charge in [-0.3, -0.25) is 4.79 Å². The predicted molar refractivity (Wildman–Crippen MR) is 76.1 cm³/mol. The third-order valence-corrected chi connectivity index (χ3v) is 4.01. The summed E-state index contributed by atoms with van der Waals surface area (Å²) in [6, 6.07) is 7.36. The Labute approximate surface area is 121 Å². The largest absolute Gasteiger partial charge is 0.390 e. The summed E-state index contributed by atoms with van der Waals surface area (Å²) in [6.07, 6.45) is 5.43. The second-order valence-electron chi connectivity index (χ2n) is 5.29. The van der Waals surface area contributed by atoms with Crippen LogP contribution in [0.5, 0.6) is 0 Å². The summed E-state index contributed by atoms with van der Waals surface area (Å²) < 4.78 is 0. The van der Waals surface area contributed by atoms with Gasteiger partial charge in [-0.25, -0.2) is 0 Å². The molecule has 104 valence electrons. The number of carbonyl (C=O) groups excluding carboxylic acids is 1. The van der Waals surface area contributed by atoms with Gasteiger partial charge in [0.1, 0.15) is 0 Å². The minimum absolute atomic E-state index is 0.301. The molecule has 4 rings (SSSR count). The lowest BCUT2D eigenvalue weighted by Crippen LogP contribution is -2.34. The number of benzene rings is 1. The van der Waals surface area contributed by atoms with E-state index in [4.69, 9.17) is 0 Å². The first-order valence-corrected chi connectivity index (χ1v) is 6.85. The van der Waals surface area contributed by atoms with Crippen LogP contribution in [0.15, 0.2) is 69.7 Å². The molecule has 0 fully saturated rings. The minimum atomic E-state index is -0.607. The average Bonchev–Trinajstić information content (AvgIpc) is 3.14. The van der Waals surface area contributed by atoms with Crippen LogP contribution < -0.4 is 5.32 Å². The highest BCUT2D eigenvalue weighted by atomic mass is 16.3. The second-order valence-corrected chi connectivity index (χ2v) is 5.29. The molecule has 1 amide bonds. The maximum absolute atomic E-state index is 12.4. The molecular weight excluding hydrogens is 266 g/mol. The molecule has 5 heteroatoms. The zero-order valence-corrected chi connectivity index (χ0v) is 11.2. The Morgan fingerprint density at radius 3 is 3.05 bits per heavy atom. The van der Waals surface area contributed by atoms with E-state index < -0.39 is 12.1 Å². The van der Waals surface area contributed by atoms with Crippen LogP contribution in [-0.2, 0) is 11.2 Å². The van der Waals surface area contributed by atoms with Gasteiger partial charge in [-0.2, -0.15) is 0 Å². The van der Waals surface area contributed by atoms with Gasteiger partial charge in [0.05, 0.1) is 17.8 Å². The monoisotopic (exact) mass is 279 g/mol. The molecule has 0 bridgehead atoms. The van der Waals surface area contributed by atoms with Crippen LogP contribution in [0.1, 0.15) is 17.2 Å². The lowest BCUT2D eigenvalue weighted by Gasteiger charge is -2.17. The first-order valence-electron chi connectivity index (χ1n) is 6.85. The number of amides is 1. The van der Waals surface area contributed by atoms with E-state index in [-0.39, 0.29) is 5.91 Å². The summed E-state index contributed by atoms with van der Waals surface area (Å²) in [4.78, 5) is 12.4. The van der Waals surface area contributed by atoms with Crippen molar-refractivity contribution in [3.8, 4) is 0 Å². The van der Waals surface area contributed by atoms with E-state index in [2.05, 4.69) is 15.5 Å². The van der Waals surface area contributed by atoms with Gasteiger partial charge in [0, 0.05) is 12.0 Å². The van der Waals surface area contributed by atoms with E-state index in [9.17, 15) is 9.90 Å². The van der Waals surface area contributed by atoms with Gasteiger partial charge >= 0.3 is 0 Å². The highest BCUT2D eigenvalue weighted by Gasteiger charge is 2.34. The Bertz CT molecular complexity index is 759. The summed E-state index contributed by atoms with van der Waals surface area (Å²) in [6.45, 7) is 0. The first-order chi connectivity index (χ1) is 10.2. The maximum Gasteiger partial charge on any atom is 0.273 e. The number of allylic oxidation sites excluding steroid dienone is 3. The van der Waals surface area contributed by atoms with Crippen LogP contribution in [0.4, 0.5) is 0 Å². The molecule has 1 aromatic carbocycles. The SMILES string of the molecule is O=C(N[C@H]1c2ccccc2C[C@@H]1O)C1=C2C=CC=C2N=N1. The van der Waals surface area contributed by atoms with E-state index in [1.807, 2.05) is 42.5 Å². The Kier molecular flexibility index (Phi) is 2.62. The van der Waals surface area contributed by atoms with Crippen LogP contribution >= 0.6 is 0 Å². The van der Waals surface area contributed by atoms with Gasteiger partial charge in [0.2, 0.25) is 0 Å². The van der Waals surface area contributed by atoms with E-state index >= 15 is 0 Å². The van der Waals surface area contributed by atoms with Crippen molar-refractivity contribution in [3.05, 3.63) is 70.6 Å². The third kappa shape index (κ3) is 1.86. The van der Waals surface area contributed by atoms with E-state index in [1.165, 1.54) is 0 Å². The molecule has 5 nitrogen and oxygen atoms in total. The number of rotatable bonds is 2. The lowest BCUT2D eigenvalue weighted by atomic mass is 10.1. The standard InChI is InChI=1S/C16H13N3O2/c20-13-8-9-4-1-2-5-10(9)14(13)17-16(21)15-11-6-3-7-12(11)18-19-15/h1-7,13-14,20H,8H2,(H,17,21)/t13-,14-/m0/s1. The van der Waals surface area contributed by atoms with Crippen molar-refractivity contribution in [1.29, 1.82) is 0 Å². The lowest BCUT2D eigenvalue weighted by molar-refractivity contribution is -0.119. The number of aliphatic hydroxyl groups is 1. The number of hydrogen-bond acceptors (Lipinski definition) is 4. The molecule has 1 aromatic rings. The van der Waals surface area contributed by atoms with Crippen molar-refractivity contribution in [3.63, 3.8) is 0 Å². The number of azo groups is 1. The van der Waals surface area contributed by atoms with Gasteiger partial charge in [-0.1, -0.05) is 36.4 Å². The fourth-order valence-electron chi connectivity index (χ4n) is 2.98. The summed E-state index contributed by atoms with van der Waals surface area (Å²) in [5.74, 6) is -0.301. The molecule has 2 N–H and O–H groups in total. The zero-order valence-electron chi connectivity index (χ0n) is 11.2. The van der Waals surface area contributed by atoms with Crippen molar-refractivity contribution >= 4 is 5.91 Å². The van der Waals surface area contributed by atoms with Gasteiger partial charge in [0.25, 0.3) is 5.91 Å². The molecule has 0 radical (unpaired) electrons. The molecule has 0 saturated heterocycles. The number of aliphatic hydroxyl groups excluding tert-OH is 1. The van der Waals surface area contributed by atoms with E-state index in [1.54, 1.807) is 0 Å². The van der Waals surface area contributed by atoms with Gasteiger partial charge in [-0.05, 0) is 17.2 Å². The molecule has 0 aromatic heterocycles. The average molecular weight is 279 g/mol. The van der Waals surface area contributed by atoms with Crippen LogP contribution in [0.3, 0.4) is 0 Å². The molecule has 2 aliphatic carbocycles. The van der Waals surface area contributed by atoms with Crippen LogP contribution in [0.25, 0.3) is 0 Å². The fourth-order valence-corrected chi connectivity index (χ4v) is 2.98. The molecule has 1 aliphatic heterocycles. The Morgan fingerprint density at radius 1 is 1.29 bits per heavy atom. The number of hydrogen-bond donors (Lipinski definition) is 2. The third-order valence-electron chi connectivity index (χ3n) is 4.01. The number of nitrogens with zero attached hydrogens (tertiary/aromatic N) is 2. The van der Waals surface area contributed by atoms with E-state index in [0.29, 0.717) is 17.8 Å². The molecule has 0 unspecified atom stereocenters. The van der Waals surface area contributed by atoms with Crippen molar-refractivity contribution in [2.75, 3.05) is 0 Å². The van der Waals surface area contributed by atoms with E-state index in [0.717, 1.165) is 16.7 Å². The molecule has 2 atom stereocenters. The van der Waals surface area contributed by atoms with Crippen molar-refractivity contribution in [2.24, 2.45) is 10.2 Å². The van der Waals surface area contributed by atoms with Gasteiger partial charge in [-0.15, -0.1) is 10.2 Å². The maximum atomic E-state index is 12.4. The van der Waals surface area contributed by atoms with Crippen molar-refractivity contribution in [2.45, 2.75) is 18.6 Å². The van der Waals surface area contributed by atoms with Gasteiger partial charge in [0.15, 0.2) is 5.70 Å². The van der Waals surface area contributed by atoms with Crippen LogP contribution in [-0.4, -0.2) is 17.1 Å². The highest BCUT2D eigenvalue weighted by Crippen LogP contribution is 2.34. The van der Waals surface area contributed by atoms with Crippen molar-refractivity contribution < 1.29 is 9.90 Å². The fraction of sp³-hybridized carbons (Fsp3) is 0.188. The Hall–Kier alpha value is -2.53. The number of fused-ring (bicyclic) bond motifs is 2. The summed E-state index contributed by atoms with van der Waals surface area (Å²) >= 11 is 0. The first kappa shape index (κ1) is 12.2. The highest BCUT2D eigenvalue weighted by molar-refractivity contribution is 5.96. The Morgan fingerprint density at radius 2 is 2.14 bits per heavy atom. The van der Waals surface area contributed by atoms with Crippen LogP contribution in [0, 0.1) is 0 Å². The normalized spacial score (nSPS) is 25.1. The van der Waals surface area contributed by atoms with Crippen molar-refractivity contribution in [1.82, 2.24) is 5.32 Å². The van der Waals surface area contributed by atoms with Crippen LogP contribution in [0.2, 0.25) is 0 Å². The smallest absolute Gasteiger partial charge is 0.273 e. The number of carbonyl (C=O) groups is 1. The summed E-state index contributed by atoms with van der Waals surface area (Å²) in [7, 11) is 0. The Balaban J connectivity index is 1.61. The molecular formula is C16H13N3O2. The number of nitrogens with one attached hydrogen (secondary N) is 1. The molecule has 21 heavy (non-hydrogen) atoms. The molecule has 3 aliphatic rings. The zero-order chi connectivity index (χ0) is 14.4. The second kappa shape index (κ2) is 4.49. The molecule has 0 saturated carbocycles. The topological polar surface area (TPSA) is 74.0 Å².